The van der Waals surface area contributed by atoms with Crippen LogP contribution in [0.4, 0.5) is 0 Å². The zero-order valence-electron chi connectivity index (χ0n) is 22.2. The van der Waals surface area contributed by atoms with Gasteiger partial charge in [-0.1, -0.05) is 0 Å². The van der Waals surface area contributed by atoms with E-state index in [2.05, 4.69) is 0 Å². The summed E-state index contributed by atoms with van der Waals surface area (Å²) in [7, 11) is -5.73. The lowest BCUT2D eigenvalue weighted by atomic mass is 10.3. The van der Waals surface area contributed by atoms with Crippen molar-refractivity contribution in [2.75, 3.05) is 0 Å². The molecule has 2 atom stereocenters. The molecule has 0 heterocycles. The minimum absolute atomic E-state index is 0. The molecule has 0 radical (unpaired) electrons. The van der Waals surface area contributed by atoms with Gasteiger partial charge in [-0.25, -0.2) is 14.0 Å². The van der Waals surface area contributed by atoms with Gasteiger partial charge >= 0.3 is 0 Å². The highest BCUT2D eigenvalue weighted by atomic mass is 31.2. The van der Waals surface area contributed by atoms with Crippen LogP contribution < -0.4 is 0 Å². The largest absolute Gasteiger partial charge is 0.338 e. The molecule has 0 aromatic rings. The first-order valence-corrected chi connectivity index (χ1v) is 13.9. The van der Waals surface area contributed by atoms with E-state index in [1.54, 1.807) is 14.0 Å². The van der Waals surface area contributed by atoms with Gasteiger partial charge in [-0.15, -0.1) is 0 Å². The van der Waals surface area contributed by atoms with Crippen molar-refractivity contribution in [3.8, 4) is 0 Å². The van der Waals surface area contributed by atoms with E-state index in [0.29, 0.717) is 0 Å². The van der Waals surface area contributed by atoms with E-state index in [9.17, 15) is 0 Å². The molecular weight excluding hydrogens is 509 g/mol. The standard InChI is InChI=1S/3C6H16NO2P.2H3P/c3*1-5(2)7(6(3)4)10(8)9;;/h3*5-6,8-9H,1-4H3;2*1H3. The fraction of sp³-hybridized carbons (Fsp3) is 1.00. The zero-order valence-corrected chi connectivity index (χ0v) is 27.8. The van der Waals surface area contributed by atoms with E-state index in [1.165, 1.54) is 0 Å². The molecule has 0 aromatic carbocycles. The van der Waals surface area contributed by atoms with Gasteiger partial charge in [0.25, 0.3) is 25.6 Å². The van der Waals surface area contributed by atoms with E-state index in [0.717, 1.165) is 0 Å². The topological polar surface area (TPSA) is 131 Å². The zero-order chi connectivity index (χ0) is 24.9. The summed E-state index contributed by atoms with van der Waals surface area (Å²) in [4.78, 5) is 53.4. The highest BCUT2D eigenvalue weighted by Crippen LogP contribution is 2.35. The Hall–Kier alpha value is 1.79. The molecule has 0 bridgehead atoms. The fourth-order valence-corrected chi connectivity index (χ4v) is 5.51. The predicted octanol–water partition coefficient (Wildman–Crippen LogP) is 4.07. The van der Waals surface area contributed by atoms with E-state index in [4.69, 9.17) is 29.4 Å². The average Bonchev–Trinajstić information content (AvgIpc) is 2.43. The van der Waals surface area contributed by atoms with Gasteiger partial charge in [0.15, 0.2) is 0 Å². The summed E-state index contributed by atoms with van der Waals surface area (Å²) in [6.45, 7) is 23.4. The van der Waals surface area contributed by atoms with Crippen LogP contribution in [0.15, 0.2) is 0 Å². The lowest BCUT2D eigenvalue weighted by Crippen LogP contribution is -2.31. The normalized spacial score (nSPS) is 11.8. The van der Waals surface area contributed by atoms with Crippen LogP contribution >= 0.6 is 45.4 Å². The van der Waals surface area contributed by atoms with Crippen molar-refractivity contribution < 1.29 is 29.4 Å². The molecule has 0 spiro atoms. The predicted molar refractivity (Wildman–Crippen MR) is 153 cm³/mol. The smallest absolute Gasteiger partial charge is 0.253 e. The second kappa shape index (κ2) is 23.2. The molecular formula is C18H54N3O6P5. The van der Waals surface area contributed by atoms with Crippen LogP contribution in [0, 0.1) is 0 Å². The van der Waals surface area contributed by atoms with Crippen molar-refractivity contribution in [3.63, 3.8) is 0 Å². The first-order chi connectivity index (χ1) is 13.4. The minimum Gasteiger partial charge on any atom is -0.338 e. The maximum absolute atomic E-state index is 8.90. The second-order valence-corrected chi connectivity index (χ2v) is 11.5. The molecule has 0 aliphatic carbocycles. The number of rotatable bonds is 9. The van der Waals surface area contributed by atoms with E-state index in [-0.39, 0.29) is 56.0 Å². The number of nitrogens with zero attached hydrogens (tertiary/aromatic N) is 3. The minimum atomic E-state index is -1.91. The molecule has 0 saturated heterocycles. The molecule has 2 unspecified atom stereocenters. The Morgan fingerprint density at radius 1 is 0.344 bits per heavy atom. The summed E-state index contributed by atoms with van der Waals surface area (Å²) in [6.07, 6.45) is 0. The van der Waals surface area contributed by atoms with Gasteiger partial charge in [0, 0.05) is 36.3 Å². The Kier molecular flexibility index (Phi) is 31.8. The molecule has 6 N–H and O–H groups in total. The molecule has 202 valence electrons. The molecule has 0 saturated carbocycles. The molecule has 0 aromatic heterocycles. The van der Waals surface area contributed by atoms with Crippen LogP contribution in [-0.4, -0.2) is 79.6 Å². The Balaban J connectivity index is -0.000000110. The Morgan fingerprint density at radius 3 is 0.438 bits per heavy atom. The SMILES string of the molecule is CC(C)N(C(C)C)P(O)O.CC(C)N(C(C)C)P(O)O.CC(C)N(C(C)C)P(O)O.P.P. The summed E-state index contributed by atoms with van der Waals surface area (Å²) < 4.78 is 5.03. The summed E-state index contributed by atoms with van der Waals surface area (Å²) in [5.41, 5.74) is 0. The third kappa shape index (κ3) is 21.1. The van der Waals surface area contributed by atoms with Crippen molar-refractivity contribution in [2.24, 2.45) is 0 Å². The third-order valence-electron chi connectivity index (χ3n) is 3.79. The van der Waals surface area contributed by atoms with Crippen LogP contribution in [0.3, 0.4) is 0 Å². The second-order valence-electron chi connectivity index (χ2n) is 8.51. The lowest BCUT2D eigenvalue weighted by molar-refractivity contribution is 0.258. The van der Waals surface area contributed by atoms with E-state index >= 15 is 0 Å². The molecule has 0 aliphatic heterocycles. The van der Waals surface area contributed by atoms with Crippen molar-refractivity contribution in [1.29, 1.82) is 0 Å². The molecule has 0 rings (SSSR count). The fourth-order valence-electron chi connectivity index (χ4n) is 3.03. The van der Waals surface area contributed by atoms with Crippen LogP contribution in [0.5, 0.6) is 0 Å². The van der Waals surface area contributed by atoms with Crippen molar-refractivity contribution >= 4 is 45.4 Å². The first-order valence-electron chi connectivity index (χ1n) is 10.3. The molecule has 0 amide bonds. The van der Waals surface area contributed by atoms with Gasteiger partial charge in [-0.05, 0) is 83.1 Å². The summed E-state index contributed by atoms with van der Waals surface area (Å²) in [6, 6.07) is 1.17. The monoisotopic (exact) mass is 563 g/mol. The van der Waals surface area contributed by atoms with Gasteiger partial charge in [-0.2, -0.15) is 19.8 Å². The molecule has 32 heavy (non-hydrogen) atoms. The van der Waals surface area contributed by atoms with Crippen LogP contribution in [0.25, 0.3) is 0 Å². The van der Waals surface area contributed by atoms with Gasteiger partial charge in [0.05, 0.1) is 0 Å². The van der Waals surface area contributed by atoms with Gasteiger partial charge in [0.1, 0.15) is 0 Å². The third-order valence-corrected chi connectivity index (χ3v) is 7.80. The first kappa shape index (κ1) is 43.8. The Bertz CT molecular complexity index is 293. The summed E-state index contributed by atoms with van der Waals surface area (Å²) in [5, 5.41) is 0. The maximum Gasteiger partial charge on any atom is 0.253 e. The van der Waals surface area contributed by atoms with Crippen LogP contribution in [0.2, 0.25) is 0 Å². The van der Waals surface area contributed by atoms with Crippen LogP contribution in [-0.2, 0) is 0 Å². The van der Waals surface area contributed by atoms with E-state index < -0.39 is 25.6 Å². The average molecular weight is 564 g/mol. The maximum atomic E-state index is 8.90. The summed E-state index contributed by atoms with van der Waals surface area (Å²) in [5.74, 6) is 0. The Labute approximate surface area is 208 Å². The lowest BCUT2D eigenvalue weighted by Gasteiger charge is -2.30. The van der Waals surface area contributed by atoms with Gasteiger partial charge < -0.3 is 29.4 Å². The molecule has 9 nitrogen and oxygen atoms in total. The summed E-state index contributed by atoms with van der Waals surface area (Å²) >= 11 is 0. The molecule has 0 fully saturated rings. The van der Waals surface area contributed by atoms with Crippen molar-refractivity contribution in [1.82, 2.24) is 14.0 Å². The van der Waals surface area contributed by atoms with Crippen molar-refractivity contribution in [3.05, 3.63) is 0 Å². The highest BCUT2D eigenvalue weighted by Gasteiger charge is 2.21. The van der Waals surface area contributed by atoms with Gasteiger partial charge in [-0.3, -0.25) is 0 Å². The number of hydrogen-bond acceptors (Lipinski definition) is 9. The highest BCUT2D eigenvalue weighted by molar-refractivity contribution is 7.42. The van der Waals surface area contributed by atoms with E-state index in [1.807, 2.05) is 83.1 Å². The number of hydrogen-bond donors (Lipinski definition) is 6. The molecule has 14 heteroatoms. The quantitative estimate of drug-likeness (QED) is 0.230. The van der Waals surface area contributed by atoms with Crippen LogP contribution in [0.1, 0.15) is 83.1 Å². The van der Waals surface area contributed by atoms with Gasteiger partial charge in [0.2, 0.25) is 0 Å². The van der Waals surface area contributed by atoms with Crippen molar-refractivity contribution in [2.45, 2.75) is 119 Å². The molecule has 0 aliphatic rings. The Morgan fingerprint density at radius 2 is 0.438 bits per heavy atom.